The van der Waals surface area contributed by atoms with Crippen molar-refractivity contribution < 1.29 is 19.1 Å². The van der Waals surface area contributed by atoms with E-state index in [0.29, 0.717) is 5.69 Å². The minimum atomic E-state index is -0.539. The number of esters is 1. The summed E-state index contributed by atoms with van der Waals surface area (Å²) in [6.07, 6.45) is -0.758. The van der Waals surface area contributed by atoms with Crippen LogP contribution in [0, 0.1) is 0 Å². The number of nitrogens with one attached hydrogen (secondary N) is 1. The maximum Gasteiger partial charge on any atom is 0.407 e. The number of benzene rings is 1. The first-order chi connectivity index (χ1) is 8.93. The molecule has 0 aliphatic heterocycles. The molecule has 0 spiro atoms. The van der Waals surface area contributed by atoms with Gasteiger partial charge in [0.15, 0.2) is 0 Å². The number of ether oxygens (including phenoxy) is 2. The fourth-order valence-corrected chi connectivity index (χ4v) is 1.41. The number of carbonyl (C=O) groups is 2. The van der Waals surface area contributed by atoms with Crippen molar-refractivity contribution in [2.45, 2.75) is 26.5 Å². The van der Waals surface area contributed by atoms with Crippen LogP contribution >= 0.6 is 0 Å². The molecule has 104 valence electrons. The Morgan fingerprint density at radius 2 is 2.05 bits per heavy atom. The normalized spacial score (nSPS) is 10.1. The summed E-state index contributed by atoms with van der Waals surface area (Å²) < 4.78 is 9.55. The maximum atomic E-state index is 11.8. The van der Waals surface area contributed by atoms with Crippen molar-refractivity contribution in [3.8, 4) is 0 Å². The Labute approximate surface area is 111 Å². The van der Waals surface area contributed by atoms with Crippen LogP contribution in [-0.4, -0.2) is 25.3 Å². The Balaban J connectivity index is 2.82. The number of hydrogen-bond donors (Lipinski definition) is 2. The van der Waals surface area contributed by atoms with Crippen LogP contribution < -0.4 is 11.1 Å². The lowest BCUT2D eigenvalue weighted by Gasteiger charge is -2.11. The molecule has 1 amide bonds. The lowest BCUT2D eigenvalue weighted by Crippen LogP contribution is -2.22. The largest absolute Gasteiger partial charge is 0.459 e. The highest BCUT2D eigenvalue weighted by Crippen LogP contribution is 2.16. The summed E-state index contributed by atoms with van der Waals surface area (Å²) in [5.74, 6) is -0.479. The summed E-state index contributed by atoms with van der Waals surface area (Å²) in [6, 6.07) is 4.92. The van der Waals surface area contributed by atoms with Gasteiger partial charge in [-0.1, -0.05) is 6.07 Å². The molecule has 0 bridgehead atoms. The smallest absolute Gasteiger partial charge is 0.407 e. The number of carbonyl (C=O) groups excluding carboxylic acids is 2. The van der Waals surface area contributed by atoms with Gasteiger partial charge >= 0.3 is 12.1 Å². The molecule has 0 fully saturated rings. The molecule has 0 aliphatic carbocycles. The molecule has 3 N–H and O–H groups in total. The molecule has 6 heteroatoms. The number of amides is 1. The van der Waals surface area contributed by atoms with Gasteiger partial charge in [-0.25, -0.2) is 9.59 Å². The molecule has 0 unspecified atom stereocenters. The van der Waals surface area contributed by atoms with Gasteiger partial charge in [-0.05, 0) is 31.5 Å². The van der Waals surface area contributed by atoms with Crippen LogP contribution in [0.4, 0.5) is 10.5 Å². The molecule has 0 aromatic heterocycles. The zero-order chi connectivity index (χ0) is 14.4. The topological polar surface area (TPSA) is 90.6 Å². The Bertz CT molecular complexity index is 472. The second kappa shape index (κ2) is 6.63. The average Bonchev–Trinajstić information content (AvgIpc) is 2.36. The van der Waals surface area contributed by atoms with Crippen molar-refractivity contribution in [1.29, 1.82) is 0 Å². The summed E-state index contributed by atoms with van der Waals surface area (Å²) >= 11 is 0. The average molecular weight is 266 g/mol. The van der Waals surface area contributed by atoms with Crippen molar-refractivity contribution in [3.63, 3.8) is 0 Å². The van der Waals surface area contributed by atoms with Gasteiger partial charge in [-0.3, -0.25) is 0 Å². The Hall–Kier alpha value is -2.24. The van der Waals surface area contributed by atoms with Crippen LogP contribution in [0.1, 0.15) is 29.8 Å². The minimum absolute atomic E-state index is 0.219. The lowest BCUT2D eigenvalue weighted by molar-refractivity contribution is 0.0379. The van der Waals surface area contributed by atoms with Crippen molar-refractivity contribution in [2.24, 2.45) is 0 Å². The molecule has 19 heavy (non-hydrogen) atoms. The van der Waals surface area contributed by atoms with Gasteiger partial charge in [-0.15, -0.1) is 0 Å². The standard InChI is InChI=1S/C13H18N2O4/c1-8(2)19-12(16)10-6-9(4-5-11(10)14)7-15-13(17)18-3/h4-6,8H,7,14H2,1-3H3,(H,15,17). The van der Waals surface area contributed by atoms with Gasteiger partial charge in [-0.2, -0.15) is 0 Å². The van der Waals surface area contributed by atoms with Gasteiger partial charge in [0.2, 0.25) is 0 Å². The van der Waals surface area contributed by atoms with E-state index in [1.54, 1.807) is 32.0 Å². The third kappa shape index (κ3) is 4.50. The predicted octanol–water partition coefficient (Wildman–Crippen LogP) is 1.69. The van der Waals surface area contributed by atoms with Crippen LogP contribution in [0.3, 0.4) is 0 Å². The van der Waals surface area contributed by atoms with E-state index in [-0.39, 0.29) is 18.2 Å². The number of hydrogen-bond acceptors (Lipinski definition) is 5. The van der Waals surface area contributed by atoms with E-state index < -0.39 is 12.1 Å². The number of methoxy groups -OCH3 is 1. The van der Waals surface area contributed by atoms with E-state index in [1.807, 2.05) is 0 Å². The second-order valence-electron chi connectivity index (χ2n) is 4.22. The third-order valence-electron chi connectivity index (χ3n) is 2.30. The SMILES string of the molecule is COC(=O)NCc1ccc(N)c(C(=O)OC(C)C)c1. The summed E-state index contributed by atoms with van der Waals surface area (Å²) in [4.78, 5) is 22.8. The molecule has 0 saturated heterocycles. The van der Waals surface area contributed by atoms with Gasteiger partial charge in [0.1, 0.15) is 0 Å². The number of alkyl carbamates (subject to hydrolysis) is 1. The van der Waals surface area contributed by atoms with Crippen molar-refractivity contribution in [1.82, 2.24) is 5.32 Å². The number of anilines is 1. The third-order valence-corrected chi connectivity index (χ3v) is 2.30. The van der Waals surface area contributed by atoms with Crippen molar-refractivity contribution in [2.75, 3.05) is 12.8 Å². The first-order valence-electron chi connectivity index (χ1n) is 5.85. The molecular formula is C13H18N2O4. The van der Waals surface area contributed by atoms with E-state index in [9.17, 15) is 9.59 Å². The molecule has 0 atom stereocenters. The summed E-state index contributed by atoms with van der Waals surface area (Å²) in [5.41, 5.74) is 7.10. The van der Waals surface area contributed by atoms with Crippen LogP contribution in [-0.2, 0) is 16.0 Å². The molecule has 0 aliphatic rings. The number of nitrogen functional groups attached to an aromatic ring is 1. The number of nitrogens with two attached hydrogens (primary N) is 1. The van der Waals surface area contributed by atoms with Crippen LogP contribution in [0.15, 0.2) is 18.2 Å². The van der Waals surface area contributed by atoms with Gasteiger partial charge in [0.05, 0.1) is 18.8 Å². The zero-order valence-electron chi connectivity index (χ0n) is 11.2. The van der Waals surface area contributed by atoms with E-state index in [2.05, 4.69) is 10.1 Å². The predicted molar refractivity (Wildman–Crippen MR) is 70.7 cm³/mol. The van der Waals surface area contributed by atoms with Gasteiger partial charge in [0.25, 0.3) is 0 Å². The molecule has 6 nitrogen and oxygen atoms in total. The molecule has 1 rings (SSSR count). The first-order valence-corrected chi connectivity index (χ1v) is 5.85. The Morgan fingerprint density at radius 1 is 1.37 bits per heavy atom. The van der Waals surface area contributed by atoms with Crippen molar-refractivity contribution >= 4 is 17.7 Å². The zero-order valence-corrected chi connectivity index (χ0v) is 11.2. The van der Waals surface area contributed by atoms with E-state index in [4.69, 9.17) is 10.5 Å². The minimum Gasteiger partial charge on any atom is -0.459 e. The fraction of sp³-hybridized carbons (Fsp3) is 0.385. The van der Waals surface area contributed by atoms with Crippen molar-refractivity contribution in [3.05, 3.63) is 29.3 Å². The first kappa shape index (κ1) is 14.8. The van der Waals surface area contributed by atoms with E-state index >= 15 is 0 Å². The van der Waals surface area contributed by atoms with Crippen LogP contribution in [0.25, 0.3) is 0 Å². The number of rotatable bonds is 4. The highest BCUT2D eigenvalue weighted by Gasteiger charge is 2.13. The summed E-state index contributed by atoms with van der Waals surface area (Å²) in [7, 11) is 1.28. The lowest BCUT2D eigenvalue weighted by atomic mass is 10.1. The van der Waals surface area contributed by atoms with E-state index in [0.717, 1.165) is 5.56 Å². The van der Waals surface area contributed by atoms with E-state index in [1.165, 1.54) is 7.11 Å². The Morgan fingerprint density at radius 3 is 2.63 bits per heavy atom. The van der Waals surface area contributed by atoms with Gasteiger partial charge in [0, 0.05) is 12.2 Å². The molecule has 0 saturated carbocycles. The second-order valence-corrected chi connectivity index (χ2v) is 4.22. The summed E-state index contributed by atoms with van der Waals surface area (Å²) in [5, 5.41) is 2.52. The molecule has 0 heterocycles. The molecule has 1 aromatic carbocycles. The van der Waals surface area contributed by atoms with Gasteiger partial charge < -0.3 is 20.5 Å². The quantitative estimate of drug-likeness (QED) is 0.639. The molecule has 1 aromatic rings. The fourth-order valence-electron chi connectivity index (χ4n) is 1.41. The maximum absolute atomic E-state index is 11.8. The van der Waals surface area contributed by atoms with Crippen LogP contribution in [0.2, 0.25) is 0 Å². The molecular weight excluding hydrogens is 248 g/mol. The Kier molecular flexibility index (Phi) is 5.17. The monoisotopic (exact) mass is 266 g/mol. The summed E-state index contributed by atoms with van der Waals surface area (Å²) in [6.45, 7) is 3.77. The highest BCUT2D eigenvalue weighted by atomic mass is 16.5. The molecule has 0 radical (unpaired) electrons. The van der Waals surface area contributed by atoms with Crippen LogP contribution in [0.5, 0.6) is 0 Å². The highest BCUT2D eigenvalue weighted by molar-refractivity contribution is 5.95.